The summed E-state index contributed by atoms with van der Waals surface area (Å²) in [7, 11) is 0. The van der Waals surface area contributed by atoms with E-state index >= 15 is 0 Å². The lowest BCUT2D eigenvalue weighted by atomic mass is 10.3. The third kappa shape index (κ3) is 1.20. The van der Waals surface area contributed by atoms with Crippen molar-refractivity contribution in [1.29, 1.82) is 0 Å². The molecule has 1 radical (unpaired) electrons. The van der Waals surface area contributed by atoms with E-state index in [0.29, 0.717) is 6.10 Å². The largest absolute Gasteiger partial charge is 0.343 e. The monoisotopic (exact) mass is 115 g/mol. The molecule has 2 heteroatoms. The summed E-state index contributed by atoms with van der Waals surface area (Å²) in [6, 6.07) is 0. The zero-order valence-electron chi connectivity index (χ0n) is 5.31. The van der Waals surface area contributed by atoms with Crippen molar-refractivity contribution in [2.24, 2.45) is 0 Å². The van der Waals surface area contributed by atoms with Crippen molar-refractivity contribution in [3.63, 3.8) is 0 Å². The Morgan fingerprint density at radius 2 is 2.50 bits per heavy atom. The molecule has 1 rings (SSSR count). The smallest absolute Gasteiger partial charge is 0.220 e. The topological polar surface area (TPSA) is 18.5 Å². The van der Waals surface area contributed by atoms with Crippen LogP contribution in [0.2, 0.25) is 0 Å². The summed E-state index contributed by atoms with van der Waals surface area (Å²) in [6.07, 6.45) is 2.07. The van der Waals surface area contributed by atoms with E-state index in [9.17, 15) is 0 Å². The molecule has 1 unspecified atom stereocenters. The summed E-state index contributed by atoms with van der Waals surface area (Å²) in [6.45, 7) is 4.67. The van der Waals surface area contributed by atoms with Crippen LogP contribution in [0.5, 0.6) is 0 Å². The summed E-state index contributed by atoms with van der Waals surface area (Å²) >= 11 is 0. The van der Waals surface area contributed by atoms with Gasteiger partial charge in [0.15, 0.2) is 0 Å². The van der Waals surface area contributed by atoms with Crippen molar-refractivity contribution in [1.82, 2.24) is 0 Å². The average molecular weight is 115 g/mol. The van der Waals surface area contributed by atoms with Crippen molar-refractivity contribution in [3.05, 3.63) is 6.29 Å². The van der Waals surface area contributed by atoms with Gasteiger partial charge in [-0.15, -0.1) is 0 Å². The Bertz CT molecular complexity index is 72.9. The highest BCUT2D eigenvalue weighted by Gasteiger charge is 2.21. The van der Waals surface area contributed by atoms with E-state index in [0.717, 1.165) is 19.3 Å². The fourth-order valence-electron chi connectivity index (χ4n) is 0.714. The molecule has 0 aromatic heterocycles. The molecule has 1 aliphatic heterocycles. The lowest BCUT2D eigenvalue weighted by Crippen LogP contribution is -2.06. The molecule has 1 saturated heterocycles. The highest BCUT2D eigenvalue weighted by Crippen LogP contribution is 2.18. The quantitative estimate of drug-likeness (QED) is 0.513. The Balaban J connectivity index is 2.22. The van der Waals surface area contributed by atoms with Crippen molar-refractivity contribution < 1.29 is 9.47 Å². The molecule has 0 saturated carbocycles. The second-order valence-corrected chi connectivity index (χ2v) is 1.95. The molecule has 0 N–H and O–H groups in total. The molecule has 8 heavy (non-hydrogen) atoms. The lowest BCUT2D eigenvalue weighted by molar-refractivity contribution is 0.0612. The fourth-order valence-corrected chi connectivity index (χ4v) is 0.714. The zero-order valence-corrected chi connectivity index (χ0v) is 5.31. The first-order valence-electron chi connectivity index (χ1n) is 2.96. The van der Waals surface area contributed by atoms with Crippen molar-refractivity contribution in [3.8, 4) is 0 Å². The third-order valence-electron chi connectivity index (χ3n) is 1.26. The molecule has 0 aliphatic carbocycles. The highest BCUT2D eigenvalue weighted by molar-refractivity contribution is 4.70. The molecule has 1 aliphatic rings. The van der Waals surface area contributed by atoms with E-state index in [1.807, 2.05) is 6.92 Å². The van der Waals surface area contributed by atoms with Crippen molar-refractivity contribution in [2.45, 2.75) is 26.4 Å². The van der Waals surface area contributed by atoms with Crippen LogP contribution in [0.15, 0.2) is 0 Å². The second kappa shape index (κ2) is 2.46. The SMILES string of the molecule is CCC1CO[C](C)O1. The molecule has 1 atom stereocenters. The molecular formula is C6H11O2. The van der Waals surface area contributed by atoms with Gasteiger partial charge in [-0.05, 0) is 13.3 Å². The fraction of sp³-hybridized carbons (Fsp3) is 0.833. The van der Waals surface area contributed by atoms with Crippen LogP contribution >= 0.6 is 0 Å². The molecular weight excluding hydrogens is 104 g/mol. The van der Waals surface area contributed by atoms with Gasteiger partial charge < -0.3 is 9.47 Å². The van der Waals surface area contributed by atoms with Gasteiger partial charge in [0.2, 0.25) is 6.29 Å². The summed E-state index contributed by atoms with van der Waals surface area (Å²) in [4.78, 5) is 0. The molecule has 47 valence electrons. The number of hydrogen-bond acceptors (Lipinski definition) is 2. The zero-order chi connectivity index (χ0) is 5.98. The molecule has 2 nitrogen and oxygen atoms in total. The van der Waals surface area contributed by atoms with E-state index in [2.05, 4.69) is 6.92 Å². The molecule has 1 heterocycles. The van der Waals surface area contributed by atoms with E-state index in [1.165, 1.54) is 0 Å². The van der Waals surface area contributed by atoms with Crippen LogP contribution in [0.1, 0.15) is 20.3 Å². The van der Waals surface area contributed by atoms with Gasteiger partial charge in [-0.3, -0.25) is 0 Å². The maximum absolute atomic E-state index is 5.20. The van der Waals surface area contributed by atoms with Gasteiger partial charge in [-0.2, -0.15) is 0 Å². The predicted octanol–water partition coefficient (Wildman–Crippen LogP) is 1.32. The average Bonchev–Trinajstić information content (AvgIpc) is 2.14. The summed E-state index contributed by atoms with van der Waals surface area (Å²) in [5.41, 5.74) is 0. The standard InChI is InChI=1S/C6H11O2/c1-3-6-4-7-5(2)8-6/h6H,3-4H2,1-2H3. The second-order valence-electron chi connectivity index (χ2n) is 1.95. The van der Waals surface area contributed by atoms with Crippen LogP contribution in [-0.2, 0) is 9.47 Å². The van der Waals surface area contributed by atoms with Crippen molar-refractivity contribution >= 4 is 0 Å². The van der Waals surface area contributed by atoms with Gasteiger partial charge in [0.05, 0.1) is 12.7 Å². The van der Waals surface area contributed by atoms with Crippen LogP contribution < -0.4 is 0 Å². The number of hydrogen-bond donors (Lipinski definition) is 0. The first-order valence-corrected chi connectivity index (χ1v) is 2.96. The Morgan fingerprint density at radius 3 is 2.75 bits per heavy atom. The van der Waals surface area contributed by atoms with Crippen LogP contribution in [0, 0.1) is 6.29 Å². The van der Waals surface area contributed by atoms with Crippen LogP contribution in [0.4, 0.5) is 0 Å². The maximum Gasteiger partial charge on any atom is 0.220 e. The van der Waals surface area contributed by atoms with Gasteiger partial charge in [-0.25, -0.2) is 0 Å². The van der Waals surface area contributed by atoms with E-state index < -0.39 is 0 Å². The van der Waals surface area contributed by atoms with Gasteiger partial charge in [0, 0.05) is 0 Å². The Labute approximate surface area is 49.8 Å². The minimum atomic E-state index is 0.315. The van der Waals surface area contributed by atoms with Crippen LogP contribution in [0.3, 0.4) is 0 Å². The number of ether oxygens (including phenoxy) is 2. The minimum absolute atomic E-state index is 0.315. The molecule has 0 aromatic rings. The molecule has 0 bridgehead atoms. The first kappa shape index (κ1) is 6.05. The van der Waals surface area contributed by atoms with E-state index in [1.54, 1.807) is 0 Å². The third-order valence-corrected chi connectivity index (χ3v) is 1.26. The first-order chi connectivity index (χ1) is 3.83. The normalized spacial score (nSPS) is 31.5. The predicted molar refractivity (Wildman–Crippen MR) is 30.0 cm³/mol. The van der Waals surface area contributed by atoms with Gasteiger partial charge in [-0.1, -0.05) is 6.92 Å². The molecule has 0 spiro atoms. The van der Waals surface area contributed by atoms with Gasteiger partial charge in [0.25, 0.3) is 0 Å². The van der Waals surface area contributed by atoms with Crippen LogP contribution in [-0.4, -0.2) is 12.7 Å². The van der Waals surface area contributed by atoms with E-state index in [4.69, 9.17) is 9.47 Å². The molecule has 0 amide bonds. The molecule has 1 fully saturated rings. The number of rotatable bonds is 1. The highest BCUT2D eigenvalue weighted by atomic mass is 16.7. The van der Waals surface area contributed by atoms with Crippen LogP contribution in [0.25, 0.3) is 0 Å². The summed E-state index contributed by atoms with van der Waals surface area (Å²) < 4.78 is 10.3. The Morgan fingerprint density at radius 1 is 1.75 bits per heavy atom. The lowest BCUT2D eigenvalue weighted by Gasteiger charge is -2.01. The molecule has 0 aromatic carbocycles. The summed E-state index contributed by atoms with van der Waals surface area (Å²) in [5.74, 6) is 0. The maximum atomic E-state index is 5.20. The van der Waals surface area contributed by atoms with E-state index in [-0.39, 0.29) is 0 Å². The van der Waals surface area contributed by atoms with Crippen molar-refractivity contribution in [2.75, 3.05) is 6.61 Å². The Hall–Kier alpha value is -0.0800. The minimum Gasteiger partial charge on any atom is -0.343 e. The Kier molecular flexibility index (Phi) is 1.86. The summed E-state index contributed by atoms with van der Waals surface area (Å²) in [5, 5.41) is 0. The van der Waals surface area contributed by atoms with Gasteiger partial charge in [0.1, 0.15) is 0 Å². The van der Waals surface area contributed by atoms with Gasteiger partial charge >= 0.3 is 0 Å².